The lowest BCUT2D eigenvalue weighted by Crippen LogP contribution is -2.01. The largest absolute Gasteiger partial charge is 0.507 e. The number of carbonyl (C=O) groups excluding carboxylic acids is 1. The lowest BCUT2D eigenvalue weighted by atomic mass is 10.1. The van der Waals surface area contributed by atoms with Gasteiger partial charge in [0.1, 0.15) is 17.3 Å². The van der Waals surface area contributed by atoms with E-state index in [1.165, 1.54) is 31.2 Å². The molecule has 0 aliphatic heterocycles. The fourth-order valence-electron chi connectivity index (χ4n) is 1.72. The minimum Gasteiger partial charge on any atom is -0.507 e. The van der Waals surface area contributed by atoms with Crippen LogP contribution in [0.4, 0.5) is 0 Å². The summed E-state index contributed by atoms with van der Waals surface area (Å²) in [7, 11) is 0. The Labute approximate surface area is 116 Å². The molecule has 1 aliphatic carbocycles. The number of aliphatic hydroxyl groups is 1. The van der Waals surface area contributed by atoms with Crippen molar-refractivity contribution in [3.63, 3.8) is 0 Å². The molecular weight excluding hydrogens is 256 g/mol. The second-order valence-electron chi connectivity index (χ2n) is 4.21. The van der Waals surface area contributed by atoms with Crippen LogP contribution in [0.2, 0.25) is 0 Å². The number of allylic oxidation sites excluding steroid dienone is 7. The molecule has 0 amide bonds. The Balaban J connectivity index is 2.22. The molecule has 0 saturated heterocycles. The second-order valence-corrected chi connectivity index (χ2v) is 4.21. The van der Waals surface area contributed by atoms with E-state index in [4.69, 9.17) is 4.74 Å². The first-order valence-electron chi connectivity index (χ1n) is 6.04. The standard InChI is InChI=1S/C16H14O4/c1-11(17)20-13-7-8-14(16(19)10-13)15(18)9-6-12-4-2-3-5-12/h2-10,18-19H,1H3. The highest BCUT2D eigenvalue weighted by molar-refractivity contribution is 5.71. The van der Waals surface area contributed by atoms with Crippen LogP contribution >= 0.6 is 0 Å². The lowest BCUT2D eigenvalue weighted by Gasteiger charge is -2.06. The number of carbonyl (C=O) groups is 1. The third kappa shape index (κ3) is 3.38. The zero-order chi connectivity index (χ0) is 14.5. The molecule has 0 radical (unpaired) electrons. The maximum absolute atomic E-state index is 10.8. The van der Waals surface area contributed by atoms with Crippen LogP contribution < -0.4 is 4.74 Å². The summed E-state index contributed by atoms with van der Waals surface area (Å²) in [6.45, 7) is 1.27. The minimum atomic E-state index is -0.471. The number of phenols is 1. The Bertz CT molecular complexity index is 634. The zero-order valence-electron chi connectivity index (χ0n) is 10.9. The van der Waals surface area contributed by atoms with Crippen molar-refractivity contribution >= 4 is 11.7 Å². The van der Waals surface area contributed by atoms with Gasteiger partial charge in [0.05, 0.1) is 5.56 Å². The molecule has 1 aromatic rings. The molecule has 0 heterocycles. The summed E-state index contributed by atoms with van der Waals surface area (Å²) < 4.78 is 4.84. The van der Waals surface area contributed by atoms with E-state index in [0.29, 0.717) is 0 Å². The molecular formula is C16H14O4. The van der Waals surface area contributed by atoms with E-state index in [1.807, 2.05) is 24.3 Å². The third-order valence-electron chi connectivity index (χ3n) is 2.63. The number of rotatable bonds is 3. The van der Waals surface area contributed by atoms with E-state index in [9.17, 15) is 15.0 Å². The van der Waals surface area contributed by atoms with Gasteiger partial charge in [-0.1, -0.05) is 30.4 Å². The Morgan fingerprint density at radius 1 is 1.25 bits per heavy atom. The minimum absolute atomic E-state index is 0.0712. The molecule has 0 aromatic heterocycles. The summed E-state index contributed by atoms with van der Waals surface area (Å²) in [5.41, 5.74) is 1.22. The van der Waals surface area contributed by atoms with Gasteiger partial charge in [-0.05, 0) is 23.8 Å². The predicted molar refractivity (Wildman–Crippen MR) is 76.4 cm³/mol. The lowest BCUT2D eigenvalue weighted by molar-refractivity contribution is -0.131. The molecule has 2 rings (SSSR count). The van der Waals surface area contributed by atoms with E-state index in [0.717, 1.165) is 5.57 Å². The average molecular weight is 270 g/mol. The van der Waals surface area contributed by atoms with E-state index in [2.05, 4.69) is 0 Å². The molecule has 0 saturated carbocycles. The molecule has 0 bridgehead atoms. The van der Waals surface area contributed by atoms with Crippen molar-refractivity contribution in [3.05, 3.63) is 65.8 Å². The van der Waals surface area contributed by atoms with Crippen LogP contribution in [0.5, 0.6) is 11.5 Å². The van der Waals surface area contributed by atoms with E-state index >= 15 is 0 Å². The maximum atomic E-state index is 10.8. The summed E-state index contributed by atoms with van der Waals surface area (Å²) in [5, 5.41) is 19.8. The number of phenolic OH excluding ortho intramolecular Hbond substituents is 1. The molecule has 0 atom stereocenters. The number of benzene rings is 1. The van der Waals surface area contributed by atoms with Crippen molar-refractivity contribution < 1.29 is 19.7 Å². The molecule has 0 fully saturated rings. The summed E-state index contributed by atoms with van der Waals surface area (Å²) in [4.78, 5) is 10.8. The first-order valence-corrected chi connectivity index (χ1v) is 6.04. The molecule has 2 N–H and O–H groups in total. The predicted octanol–water partition coefficient (Wildman–Crippen LogP) is 3.27. The van der Waals surface area contributed by atoms with Gasteiger partial charge in [-0.2, -0.15) is 0 Å². The van der Waals surface area contributed by atoms with Gasteiger partial charge < -0.3 is 14.9 Å². The molecule has 1 aliphatic rings. The van der Waals surface area contributed by atoms with Crippen molar-refractivity contribution in [2.24, 2.45) is 0 Å². The Kier molecular flexibility index (Phi) is 4.05. The molecule has 102 valence electrons. The van der Waals surface area contributed by atoms with Crippen molar-refractivity contribution in [1.82, 2.24) is 0 Å². The quantitative estimate of drug-likeness (QED) is 0.502. The first-order chi connectivity index (χ1) is 9.56. The Hall–Kier alpha value is -2.75. The summed E-state index contributed by atoms with van der Waals surface area (Å²) >= 11 is 0. The van der Waals surface area contributed by atoms with E-state index in [1.54, 1.807) is 6.08 Å². The number of ether oxygens (including phenoxy) is 1. The van der Waals surface area contributed by atoms with Crippen LogP contribution in [0.25, 0.3) is 5.76 Å². The van der Waals surface area contributed by atoms with Gasteiger partial charge in [-0.15, -0.1) is 0 Å². The van der Waals surface area contributed by atoms with Gasteiger partial charge in [0, 0.05) is 13.0 Å². The van der Waals surface area contributed by atoms with Crippen LogP contribution in [0.3, 0.4) is 0 Å². The number of aliphatic hydroxyl groups excluding tert-OH is 1. The van der Waals surface area contributed by atoms with Crippen LogP contribution in [0.15, 0.2) is 60.2 Å². The molecule has 0 spiro atoms. The van der Waals surface area contributed by atoms with Gasteiger partial charge in [0.2, 0.25) is 0 Å². The summed E-state index contributed by atoms with van der Waals surface area (Å²) in [5.74, 6) is -0.473. The number of hydrogen-bond acceptors (Lipinski definition) is 4. The van der Waals surface area contributed by atoms with Crippen molar-refractivity contribution in [2.45, 2.75) is 6.92 Å². The van der Waals surface area contributed by atoms with Crippen LogP contribution in [-0.4, -0.2) is 16.2 Å². The molecule has 4 heteroatoms. The highest BCUT2D eigenvalue weighted by atomic mass is 16.5. The number of aromatic hydroxyl groups is 1. The molecule has 1 aromatic carbocycles. The van der Waals surface area contributed by atoms with E-state index < -0.39 is 5.97 Å². The summed E-state index contributed by atoms with van der Waals surface area (Å²) in [6.07, 6.45) is 10.8. The average Bonchev–Trinajstić information content (AvgIpc) is 2.88. The fourth-order valence-corrected chi connectivity index (χ4v) is 1.72. The topological polar surface area (TPSA) is 66.8 Å². The van der Waals surface area contributed by atoms with Crippen LogP contribution in [-0.2, 0) is 4.79 Å². The third-order valence-corrected chi connectivity index (χ3v) is 2.63. The molecule has 20 heavy (non-hydrogen) atoms. The second kappa shape index (κ2) is 5.93. The van der Waals surface area contributed by atoms with Gasteiger partial charge in [0.25, 0.3) is 0 Å². The Morgan fingerprint density at radius 3 is 2.55 bits per heavy atom. The monoisotopic (exact) mass is 270 g/mol. The highest BCUT2D eigenvalue weighted by Gasteiger charge is 2.08. The Morgan fingerprint density at radius 2 is 1.95 bits per heavy atom. The maximum Gasteiger partial charge on any atom is 0.308 e. The van der Waals surface area contributed by atoms with Crippen LogP contribution in [0, 0.1) is 0 Å². The fraction of sp³-hybridized carbons (Fsp3) is 0.0625. The highest BCUT2D eigenvalue weighted by Crippen LogP contribution is 2.28. The first kappa shape index (κ1) is 13.7. The molecule has 0 unspecified atom stereocenters. The summed E-state index contributed by atoms with van der Waals surface area (Å²) in [6, 6.07) is 4.27. The molecule has 4 nitrogen and oxygen atoms in total. The number of esters is 1. The van der Waals surface area contributed by atoms with Gasteiger partial charge >= 0.3 is 5.97 Å². The smallest absolute Gasteiger partial charge is 0.308 e. The van der Waals surface area contributed by atoms with Crippen molar-refractivity contribution in [3.8, 4) is 11.5 Å². The zero-order valence-corrected chi connectivity index (χ0v) is 10.9. The van der Waals surface area contributed by atoms with E-state index in [-0.39, 0.29) is 22.8 Å². The SMILES string of the molecule is CC(=O)Oc1ccc(C(O)=CC=C2C=CC=C2)c(O)c1. The van der Waals surface area contributed by atoms with Gasteiger partial charge in [0.15, 0.2) is 0 Å². The van der Waals surface area contributed by atoms with Gasteiger partial charge in [-0.25, -0.2) is 0 Å². The van der Waals surface area contributed by atoms with Crippen LogP contribution in [0.1, 0.15) is 12.5 Å². The van der Waals surface area contributed by atoms with Crippen molar-refractivity contribution in [2.75, 3.05) is 0 Å². The van der Waals surface area contributed by atoms with Gasteiger partial charge in [-0.3, -0.25) is 4.79 Å². The normalized spacial score (nSPS) is 13.7. The number of hydrogen-bond donors (Lipinski definition) is 2. The van der Waals surface area contributed by atoms with Crippen molar-refractivity contribution in [1.29, 1.82) is 0 Å².